The van der Waals surface area contributed by atoms with Gasteiger partial charge in [-0.3, -0.25) is 0 Å². The highest BCUT2D eigenvalue weighted by molar-refractivity contribution is 5.75. The second-order valence-corrected chi connectivity index (χ2v) is 3.78. The molecule has 0 saturated heterocycles. The highest BCUT2D eigenvalue weighted by Gasteiger charge is 2.42. The first-order chi connectivity index (χ1) is 6.47. The highest BCUT2D eigenvalue weighted by atomic mass is 19.3. The Morgan fingerprint density at radius 1 is 1.64 bits per heavy atom. The zero-order valence-corrected chi connectivity index (χ0v) is 8.09. The summed E-state index contributed by atoms with van der Waals surface area (Å²) in [5, 5.41) is 10.7. The molecule has 0 aromatic carbocycles. The lowest BCUT2D eigenvalue weighted by atomic mass is 10.2. The smallest absolute Gasteiger partial charge is 0.375 e. The largest absolute Gasteiger partial charge is 0.477 e. The van der Waals surface area contributed by atoms with Crippen LogP contribution in [0.15, 0.2) is 0 Å². The molecule has 0 bridgehead atoms. The van der Waals surface area contributed by atoms with Gasteiger partial charge in [0.1, 0.15) is 0 Å². The topological polar surface area (TPSA) is 49.3 Å². The van der Waals surface area contributed by atoms with Gasteiger partial charge in [0.25, 0.3) is 0 Å². The SMILES string of the molecule is CCCC1CC1NCC(F)(F)C(=O)O. The van der Waals surface area contributed by atoms with Crippen molar-refractivity contribution in [2.24, 2.45) is 5.92 Å². The summed E-state index contributed by atoms with van der Waals surface area (Å²) >= 11 is 0. The van der Waals surface area contributed by atoms with Gasteiger partial charge in [0, 0.05) is 6.04 Å². The van der Waals surface area contributed by atoms with Crippen molar-refractivity contribution in [2.75, 3.05) is 6.54 Å². The normalized spacial score (nSPS) is 26.2. The average Bonchev–Trinajstić information content (AvgIpc) is 2.81. The second-order valence-electron chi connectivity index (χ2n) is 3.78. The van der Waals surface area contributed by atoms with Crippen LogP contribution < -0.4 is 5.32 Å². The number of halogens is 2. The lowest BCUT2D eigenvalue weighted by Gasteiger charge is -2.11. The van der Waals surface area contributed by atoms with Gasteiger partial charge in [-0.1, -0.05) is 13.3 Å². The Morgan fingerprint density at radius 2 is 2.29 bits per heavy atom. The van der Waals surface area contributed by atoms with Crippen molar-refractivity contribution in [3.8, 4) is 0 Å². The Bertz CT molecular complexity index is 221. The predicted molar refractivity (Wildman–Crippen MR) is 47.4 cm³/mol. The van der Waals surface area contributed by atoms with Gasteiger partial charge in [0.2, 0.25) is 0 Å². The Morgan fingerprint density at radius 3 is 2.79 bits per heavy atom. The summed E-state index contributed by atoms with van der Waals surface area (Å²) in [6.45, 7) is 1.29. The first kappa shape index (κ1) is 11.4. The number of carboxylic acid groups (broad SMARTS) is 1. The van der Waals surface area contributed by atoms with Crippen LogP contribution in [0.1, 0.15) is 26.2 Å². The van der Waals surface area contributed by atoms with Gasteiger partial charge in [0.15, 0.2) is 0 Å². The van der Waals surface area contributed by atoms with Crippen LogP contribution in [-0.4, -0.2) is 29.6 Å². The van der Waals surface area contributed by atoms with E-state index in [-0.39, 0.29) is 6.04 Å². The quantitative estimate of drug-likeness (QED) is 0.693. The van der Waals surface area contributed by atoms with Crippen molar-refractivity contribution in [1.82, 2.24) is 5.32 Å². The van der Waals surface area contributed by atoms with Gasteiger partial charge < -0.3 is 10.4 Å². The summed E-state index contributed by atoms with van der Waals surface area (Å²) in [5.41, 5.74) is 0. The van der Waals surface area contributed by atoms with Crippen molar-refractivity contribution in [1.29, 1.82) is 0 Å². The second kappa shape index (κ2) is 4.21. The first-order valence-electron chi connectivity index (χ1n) is 4.82. The van der Waals surface area contributed by atoms with Crippen molar-refractivity contribution < 1.29 is 18.7 Å². The lowest BCUT2D eigenvalue weighted by Crippen LogP contribution is -2.40. The van der Waals surface area contributed by atoms with Crippen LogP contribution in [0, 0.1) is 5.92 Å². The molecule has 2 atom stereocenters. The fourth-order valence-corrected chi connectivity index (χ4v) is 1.52. The van der Waals surface area contributed by atoms with Gasteiger partial charge in [-0.05, 0) is 18.8 Å². The maximum Gasteiger partial charge on any atom is 0.375 e. The van der Waals surface area contributed by atoms with E-state index < -0.39 is 18.4 Å². The Kier molecular flexibility index (Phi) is 3.42. The van der Waals surface area contributed by atoms with Gasteiger partial charge in [-0.25, -0.2) is 4.79 Å². The molecule has 0 aliphatic heterocycles. The maximum atomic E-state index is 12.6. The molecule has 0 amide bonds. The molecule has 1 fully saturated rings. The molecule has 0 aromatic heterocycles. The Hall–Kier alpha value is -0.710. The van der Waals surface area contributed by atoms with Crippen LogP contribution >= 0.6 is 0 Å². The monoisotopic (exact) mass is 207 g/mol. The lowest BCUT2D eigenvalue weighted by molar-refractivity contribution is -0.164. The standard InChI is InChI=1S/C9H15F2NO2/c1-2-3-6-4-7(6)12-5-9(10,11)8(13)14/h6-7,12H,2-5H2,1H3,(H,13,14). The number of aliphatic carboxylic acids is 1. The number of nitrogens with one attached hydrogen (secondary N) is 1. The van der Waals surface area contributed by atoms with E-state index in [1.165, 1.54) is 0 Å². The van der Waals surface area contributed by atoms with E-state index >= 15 is 0 Å². The molecule has 5 heteroatoms. The van der Waals surface area contributed by atoms with Crippen LogP contribution in [0.25, 0.3) is 0 Å². The zero-order valence-electron chi connectivity index (χ0n) is 8.09. The molecule has 3 nitrogen and oxygen atoms in total. The molecule has 1 aliphatic carbocycles. The van der Waals surface area contributed by atoms with E-state index in [0.29, 0.717) is 5.92 Å². The number of carbonyl (C=O) groups is 1. The molecule has 0 spiro atoms. The molecule has 0 aromatic rings. The predicted octanol–water partition coefficient (Wildman–Crippen LogP) is 1.48. The molecule has 1 aliphatic rings. The molecular weight excluding hydrogens is 192 g/mol. The molecule has 1 saturated carbocycles. The molecule has 2 unspecified atom stereocenters. The minimum absolute atomic E-state index is 0.0974. The van der Waals surface area contributed by atoms with Crippen LogP contribution in [-0.2, 0) is 4.79 Å². The van der Waals surface area contributed by atoms with Crippen molar-refractivity contribution in [2.45, 2.75) is 38.2 Å². The van der Waals surface area contributed by atoms with Crippen LogP contribution in [0.4, 0.5) is 8.78 Å². The zero-order chi connectivity index (χ0) is 10.8. The van der Waals surface area contributed by atoms with Crippen LogP contribution in [0.5, 0.6) is 0 Å². The van der Waals surface area contributed by atoms with Crippen molar-refractivity contribution in [3.63, 3.8) is 0 Å². The van der Waals surface area contributed by atoms with E-state index in [1.54, 1.807) is 0 Å². The fourth-order valence-electron chi connectivity index (χ4n) is 1.52. The van der Waals surface area contributed by atoms with Crippen molar-refractivity contribution in [3.05, 3.63) is 0 Å². The summed E-state index contributed by atoms with van der Waals surface area (Å²) in [4.78, 5) is 10.1. The third kappa shape index (κ3) is 2.90. The summed E-state index contributed by atoms with van der Waals surface area (Å²) in [7, 11) is 0. The van der Waals surface area contributed by atoms with Gasteiger partial charge in [-0.15, -0.1) is 0 Å². The summed E-state index contributed by atoms with van der Waals surface area (Å²) in [6.07, 6.45) is 2.96. The average molecular weight is 207 g/mol. The van der Waals surface area contributed by atoms with Crippen LogP contribution in [0.3, 0.4) is 0 Å². The molecule has 82 valence electrons. The molecule has 0 radical (unpaired) electrons. The highest BCUT2D eigenvalue weighted by Crippen LogP contribution is 2.34. The summed E-state index contributed by atoms with van der Waals surface area (Å²) in [6, 6.07) is 0.0974. The number of hydrogen-bond donors (Lipinski definition) is 2. The number of alkyl halides is 2. The minimum Gasteiger partial charge on any atom is -0.477 e. The van der Waals surface area contributed by atoms with E-state index in [0.717, 1.165) is 19.3 Å². The third-order valence-electron chi connectivity index (χ3n) is 2.48. The van der Waals surface area contributed by atoms with E-state index in [1.807, 2.05) is 6.92 Å². The first-order valence-corrected chi connectivity index (χ1v) is 4.82. The maximum absolute atomic E-state index is 12.6. The van der Waals surface area contributed by atoms with Crippen molar-refractivity contribution >= 4 is 5.97 Å². The molecular formula is C9H15F2NO2. The molecule has 1 rings (SSSR count). The van der Waals surface area contributed by atoms with Gasteiger partial charge >= 0.3 is 11.9 Å². The fraction of sp³-hybridized carbons (Fsp3) is 0.889. The Labute approximate surface area is 81.5 Å². The third-order valence-corrected chi connectivity index (χ3v) is 2.48. The van der Waals surface area contributed by atoms with Gasteiger partial charge in [-0.2, -0.15) is 8.78 Å². The Balaban J connectivity index is 2.19. The summed E-state index contributed by atoms with van der Waals surface area (Å²) < 4.78 is 25.2. The number of rotatable bonds is 6. The van der Waals surface area contributed by atoms with E-state index in [4.69, 9.17) is 5.11 Å². The molecule has 14 heavy (non-hydrogen) atoms. The molecule has 2 N–H and O–H groups in total. The molecule has 0 heterocycles. The number of carboxylic acids is 1. The van der Waals surface area contributed by atoms with Crippen LogP contribution in [0.2, 0.25) is 0 Å². The van der Waals surface area contributed by atoms with E-state index in [2.05, 4.69) is 5.32 Å². The van der Waals surface area contributed by atoms with Gasteiger partial charge in [0.05, 0.1) is 6.54 Å². The minimum atomic E-state index is -3.64. The summed E-state index contributed by atoms with van der Waals surface area (Å²) in [5.74, 6) is -5.23. The number of hydrogen-bond acceptors (Lipinski definition) is 2. The van der Waals surface area contributed by atoms with E-state index in [9.17, 15) is 13.6 Å².